The van der Waals surface area contributed by atoms with Crippen LogP contribution in [0.5, 0.6) is 0 Å². The van der Waals surface area contributed by atoms with E-state index in [1.165, 1.54) is 28.8 Å². The van der Waals surface area contributed by atoms with Gasteiger partial charge in [0.05, 0.1) is 22.3 Å². The molecule has 0 aliphatic rings. The number of amides is 1. The normalized spacial score (nSPS) is 10.8. The van der Waals surface area contributed by atoms with Crippen LogP contribution in [0, 0.1) is 5.82 Å². The van der Waals surface area contributed by atoms with E-state index in [9.17, 15) is 18.8 Å². The van der Waals surface area contributed by atoms with Gasteiger partial charge in [0.2, 0.25) is 5.91 Å². The number of aromatic nitrogens is 2. The number of nitrogens with one attached hydrogen (secondary N) is 1. The van der Waals surface area contributed by atoms with Gasteiger partial charge in [-0.05, 0) is 60.7 Å². The molecule has 4 aromatic rings. The molecule has 3 aromatic carbocycles. The number of anilines is 1. The Bertz CT molecular complexity index is 1380. The fourth-order valence-electron chi connectivity index (χ4n) is 3.23. The van der Waals surface area contributed by atoms with Crippen LogP contribution in [0.3, 0.4) is 0 Å². The molecule has 0 aliphatic carbocycles. The van der Waals surface area contributed by atoms with E-state index in [0.29, 0.717) is 39.4 Å². The van der Waals surface area contributed by atoms with Gasteiger partial charge in [0.1, 0.15) is 5.82 Å². The van der Waals surface area contributed by atoms with Crippen LogP contribution in [0.25, 0.3) is 16.6 Å². The van der Waals surface area contributed by atoms with Crippen molar-refractivity contribution in [3.63, 3.8) is 0 Å². The highest BCUT2D eigenvalue weighted by atomic mass is 32.2. The minimum Gasteiger partial charge on any atom is -0.326 e. The van der Waals surface area contributed by atoms with E-state index in [0.717, 1.165) is 11.8 Å². The van der Waals surface area contributed by atoms with Gasteiger partial charge in [-0.1, -0.05) is 30.8 Å². The van der Waals surface area contributed by atoms with Gasteiger partial charge in [0.15, 0.2) is 10.9 Å². The zero-order chi connectivity index (χ0) is 23.4. The minimum atomic E-state index is -0.413. The molecule has 0 bridgehead atoms. The molecular formula is C25H20FN3O3S. The number of nitrogens with zero attached hydrogens (tertiary/aromatic N) is 2. The quantitative estimate of drug-likeness (QED) is 0.242. The van der Waals surface area contributed by atoms with Crippen molar-refractivity contribution in [1.82, 2.24) is 9.55 Å². The molecule has 1 N–H and O–H groups in total. The van der Waals surface area contributed by atoms with E-state index >= 15 is 0 Å². The monoisotopic (exact) mass is 461 g/mol. The third-order valence-corrected chi connectivity index (χ3v) is 5.91. The summed E-state index contributed by atoms with van der Waals surface area (Å²) in [5.74, 6) is -0.622. The largest absolute Gasteiger partial charge is 0.326 e. The summed E-state index contributed by atoms with van der Waals surface area (Å²) >= 11 is 1.14. The van der Waals surface area contributed by atoms with E-state index in [-0.39, 0.29) is 23.0 Å². The van der Waals surface area contributed by atoms with E-state index < -0.39 is 5.82 Å². The first kappa shape index (κ1) is 22.4. The van der Waals surface area contributed by atoms with Crippen molar-refractivity contribution < 1.29 is 14.0 Å². The standard InChI is InChI=1S/C25H20FN3O3S/c1-2-23(31)27-18-11-7-16(8-12-18)22(30)15-33-25-28-21-6-4-3-5-20(21)24(32)29(25)19-13-9-17(26)10-14-19/h3-14H,2,15H2,1H3,(H,27,31). The molecule has 0 saturated carbocycles. The molecular weight excluding hydrogens is 441 g/mol. The Morgan fingerprint density at radius 2 is 1.70 bits per heavy atom. The molecule has 0 saturated heterocycles. The second-order valence-corrected chi connectivity index (χ2v) is 8.16. The van der Waals surface area contributed by atoms with E-state index in [2.05, 4.69) is 10.3 Å². The Labute approximate surface area is 193 Å². The average Bonchev–Trinajstić information content (AvgIpc) is 2.84. The molecule has 0 radical (unpaired) electrons. The molecule has 0 unspecified atom stereocenters. The van der Waals surface area contributed by atoms with E-state index in [4.69, 9.17) is 0 Å². The number of fused-ring (bicyclic) bond motifs is 1. The van der Waals surface area contributed by atoms with Crippen molar-refractivity contribution in [2.75, 3.05) is 11.1 Å². The molecule has 166 valence electrons. The third kappa shape index (κ3) is 5.01. The molecule has 8 heteroatoms. The predicted molar refractivity (Wildman–Crippen MR) is 128 cm³/mol. The van der Waals surface area contributed by atoms with Gasteiger partial charge in [-0.25, -0.2) is 9.37 Å². The number of hydrogen-bond acceptors (Lipinski definition) is 5. The fraction of sp³-hybridized carbons (Fsp3) is 0.120. The first-order valence-electron chi connectivity index (χ1n) is 10.3. The van der Waals surface area contributed by atoms with Crippen LogP contribution in [-0.2, 0) is 4.79 Å². The molecule has 0 spiro atoms. The fourth-order valence-corrected chi connectivity index (χ4v) is 4.14. The molecule has 0 atom stereocenters. The summed E-state index contributed by atoms with van der Waals surface area (Å²) in [6.45, 7) is 1.76. The number of para-hydroxylation sites is 1. The van der Waals surface area contributed by atoms with Crippen molar-refractivity contribution in [1.29, 1.82) is 0 Å². The van der Waals surface area contributed by atoms with Crippen LogP contribution >= 0.6 is 11.8 Å². The van der Waals surface area contributed by atoms with Gasteiger partial charge in [-0.15, -0.1) is 0 Å². The van der Waals surface area contributed by atoms with Crippen LogP contribution in [-0.4, -0.2) is 27.0 Å². The van der Waals surface area contributed by atoms with Gasteiger partial charge in [-0.2, -0.15) is 0 Å². The summed E-state index contributed by atoms with van der Waals surface area (Å²) in [6, 6.07) is 19.2. The Morgan fingerprint density at radius 3 is 2.39 bits per heavy atom. The zero-order valence-corrected chi connectivity index (χ0v) is 18.6. The van der Waals surface area contributed by atoms with Crippen LogP contribution in [0.15, 0.2) is 82.7 Å². The topological polar surface area (TPSA) is 81.1 Å². The third-order valence-electron chi connectivity index (χ3n) is 4.97. The van der Waals surface area contributed by atoms with Crippen molar-refractivity contribution in [3.05, 3.63) is 94.5 Å². The number of carbonyl (C=O) groups is 2. The highest BCUT2D eigenvalue weighted by Gasteiger charge is 2.16. The first-order chi connectivity index (χ1) is 16.0. The molecule has 0 aliphatic heterocycles. The number of carbonyl (C=O) groups excluding carboxylic acids is 2. The van der Waals surface area contributed by atoms with Gasteiger partial charge >= 0.3 is 0 Å². The van der Waals surface area contributed by atoms with Crippen molar-refractivity contribution in [3.8, 4) is 5.69 Å². The van der Waals surface area contributed by atoms with Gasteiger partial charge in [0, 0.05) is 17.7 Å². The van der Waals surface area contributed by atoms with E-state index in [1.807, 2.05) is 0 Å². The minimum absolute atomic E-state index is 0.0483. The van der Waals surface area contributed by atoms with Gasteiger partial charge in [-0.3, -0.25) is 19.0 Å². The molecule has 1 heterocycles. The lowest BCUT2D eigenvalue weighted by Crippen LogP contribution is -2.22. The number of rotatable bonds is 7. The second-order valence-electron chi connectivity index (χ2n) is 7.22. The van der Waals surface area contributed by atoms with Gasteiger partial charge < -0.3 is 5.32 Å². The maximum atomic E-state index is 13.4. The lowest BCUT2D eigenvalue weighted by atomic mass is 10.1. The summed E-state index contributed by atoms with van der Waals surface area (Å²) in [4.78, 5) is 42.1. The molecule has 4 rings (SSSR count). The molecule has 1 aromatic heterocycles. The molecule has 6 nitrogen and oxygen atoms in total. The Kier molecular flexibility index (Phi) is 6.65. The number of halogens is 1. The number of thioether (sulfide) groups is 1. The second kappa shape index (κ2) is 9.79. The average molecular weight is 462 g/mol. The summed E-state index contributed by atoms with van der Waals surface area (Å²) in [5.41, 5.74) is 1.79. The Hall–Kier alpha value is -3.78. The zero-order valence-electron chi connectivity index (χ0n) is 17.7. The predicted octanol–water partition coefficient (Wildman–Crippen LogP) is 4.85. The molecule has 33 heavy (non-hydrogen) atoms. The van der Waals surface area contributed by atoms with Crippen LogP contribution in [0.4, 0.5) is 10.1 Å². The lowest BCUT2D eigenvalue weighted by Gasteiger charge is -2.13. The molecule has 0 fully saturated rings. The van der Waals surface area contributed by atoms with Crippen LogP contribution in [0.2, 0.25) is 0 Å². The summed E-state index contributed by atoms with van der Waals surface area (Å²) in [5, 5.41) is 3.51. The summed E-state index contributed by atoms with van der Waals surface area (Å²) in [6.07, 6.45) is 0.367. The number of hydrogen-bond donors (Lipinski definition) is 1. The van der Waals surface area contributed by atoms with Gasteiger partial charge in [0.25, 0.3) is 5.56 Å². The van der Waals surface area contributed by atoms with Crippen LogP contribution < -0.4 is 10.9 Å². The smallest absolute Gasteiger partial charge is 0.266 e. The lowest BCUT2D eigenvalue weighted by molar-refractivity contribution is -0.115. The maximum Gasteiger partial charge on any atom is 0.266 e. The van der Waals surface area contributed by atoms with E-state index in [1.54, 1.807) is 55.5 Å². The number of Topliss-reactive ketones (excluding diaryl/α,β-unsaturated/α-hetero) is 1. The summed E-state index contributed by atoms with van der Waals surface area (Å²) in [7, 11) is 0. The Balaban J connectivity index is 1.62. The first-order valence-corrected chi connectivity index (χ1v) is 11.3. The molecule has 1 amide bonds. The highest BCUT2D eigenvalue weighted by Crippen LogP contribution is 2.23. The van der Waals surface area contributed by atoms with Crippen molar-refractivity contribution >= 4 is 40.0 Å². The Morgan fingerprint density at radius 1 is 1.00 bits per heavy atom. The SMILES string of the molecule is CCC(=O)Nc1ccc(C(=O)CSc2nc3ccccc3c(=O)n2-c2ccc(F)cc2)cc1. The highest BCUT2D eigenvalue weighted by molar-refractivity contribution is 7.99. The number of benzene rings is 3. The maximum absolute atomic E-state index is 13.4. The van der Waals surface area contributed by atoms with Crippen molar-refractivity contribution in [2.24, 2.45) is 0 Å². The van der Waals surface area contributed by atoms with Crippen LogP contribution in [0.1, 0.15) is 23.7 Å². The number of ketones is 1. The summed E-state index contributed by atoms with van der Waals surface area (Å²) < 4.78 is 14.8. The van der Waals surface area contributed by atoms with Crippen molar-refractivity contribution in [2.45, 2.75) is 18.5 Å².